The van der Waals surface area contributed by atoms with Gasteiger partial charge in [0.25, 0.3) is 0 Å². The number of pyridine rings is 1. The van der Waals surface area contributed by atoms with Crippen molar-refractivity contribution >= 4 is 11.6 Å². The number of furan rings is 1. The van der Waals surface area contributed by atoms with Gasteiger partial charge in [0.15, 0.2) is 5.22 Å². The van der Waals surface area contributed by atoms with Crippen molar-refractivity contribution < 1.29 is 9.15 Å². The number of nitrogens with two attached hydrogens (primary N) is 1. The van der Waals surface area contributed by atoms with Gasteiger partial charge < -0.3 is 9.15 Å². The highest BCUT2D eigenvalue weighted by atomic mass is 35.5. The van der Waals surface area contributed by atoms with E-state index in [2.05, 4.69) is 10.4 Å². The zero-order chi connectivity index (χ0) is 13.8. The molecule has 3 N–H and O–H groups in total. The van der Waals surface area contributed by atoms with E-state index in [4.69, 9.17) is 26.6 Å². The van der Waals surface area contributed by atoms with Crippen LogP contribution in [0.5, 0.6) is 5.75 Å². The summed E-state index contributed by atoms with van der Waals surface area (Å²) in [5.41, 5.74) is 4.31. The third-order valence-corrected chi connectivity index (χ3v) is 2.87. The molecule has 0 spiro atoms. The molecule has 6 heteroatoms. The fourth-order valence-electron chi connectivity index (χ4n) is 1.81. The van der Waals surface area contributed by atoms with E-state index in [1.165, 1.54) is 6.26 Å². The third-order valence-electron chi connectivity index (χ3n) is 2.56. The minimum atomic E-state index is -0.297. The predicted octanol–water partition coefficient (Wildman–Crippen LogP) is 2.67. The molecule has 0 amide bonds. The number of nitrogens with one attached hydrogen (secondary N) is 1. The summed E-state index contributed by atoms with van der Waals surface area (Å²) < 4.78 is 10.7. The molecule has 1 unspecified atom stereocenters. The van der Waals surface area contributed by atoms with Crippen molar-refractivity contribution in [1.82, 2.24) is 10.4 Å². The van der Waals surface area contributed by atoms with Crippen LogP contribution in [0.3, 0.4) is 0 Å². The van der Waals surface area contributed by atoms with E-state index in [0.717, 1.165) is 11.1 Å². The normalized spacial score (nSPS) is 12.7. The quantitative estimate of drug-likeness (QED) is 0.651. The highest BCUT2D eigenvalue weighted by molar-refractivity contribution is 6.29. The van der Waals surface area contributed by atoms with Crippen LogP contribution in [0.25, 0.3) is 0 Å². The van der Waals surface area contributed by atoms with Gasteiger partial charge in [-0.15, -0.1) is 0 Å². The molecule has 2 rings (SSSR count). The van der Waals surface area contributed by atoms with E-state index in [-0.39, 0.29) is 12.1 Å². The van der Waals surface area contributed by atoms with Gasteiger partial charge in [0.05, 0.1) is 24.6 Å². The number of hydrogen-bond acceptors (Lipinski definition) is 5. The minimum absolute atomic E-state index is 0.0823. The Morgan fingerprint density at radius 3 is 2.79 bits per heavy atom. The summed E-state index contributed by atoms with van der Waals surface area (Å²) in [4.78, 5) is 4.15. The average molecular weight is 282 g/mol. The van der Waals surface area contributed by atoms with Crippen LogP contribution in [0.1, 0.15) is 31.0 Å². The number of aromatic nitrogens is 1. The van der Waals surface area contributed by atoms with Gasteiger partial charge in [-0.25, -0.2) is 5.43 Å². The first-order valence-electron chi connectivity index (χ1n) is 5.92. The summed E-state index contributed by atoms with van der Waals surface area (Å²) in [5.74, 6) is 6.28. The molecule has 0 saturated carbocycles. The van der Waals surface area contributed by atoms with Crippen LogP contribution in [-0.2, 0) is 0 Å². The number of hydrazine groups is 1. The maximum Gasteiger partial charge on any atom is 0.198 e. The van der Waals surface area contributed by atoms with Crippen LogP contribution < -0.4 is 16.0 Å². The van der Waals surface area contributed by atoms with Crippen LogP contribution in [0.15, 0.2) is 35.2 Å². The second-order valence-corrected chi connectivity index (χ2v) is 4.71. The molecule has 1 atom stereocenters. The van der Waals surface area contributed by atoms with Crippen LogP contribution in [0.2, 0.25) is 5.22 Å². The lowest BCUT2D eigenvalue weighted by atomic mass is 10.0. The van der Waals surface area contributed by atoms with Crippen molar-refractivity contribution in [2.45, 2.75) is 26.0 Å². The number of nitrogens with zero attached hydrogens (tertiary/aromatic N) is 1. The summed E-state index contributed by atoms with van der Waals surface area (Å²) >= 11 is 5.97. The van der Waals surface area contributed by atoms with Crippen molar-refractivity contribution in [3.63, 3.8) is 0 Å². The van der Waals surface area contributed by atoms with Crippen LogP contribution in [-0.4, -0.2) is 11.1 Å². The second kappa shape index (κ2) is 6.06. The van der Waals surface area contributed by atoms with Gasteiger partial charge in [0.1, 0.15) is 5.75 Å². The molecule has 0 aliphatic heterocycles. The van der Waals surface area contributed by atoms with E-state index < -0.39 is 0 Å². The van der Waals surface area contributed by atoms with Crippen molar-refractivity contribution in [3.8, 4) is 5.75 Å². The van der Waals surface area contributed by atoms with Crippen LogP contribution in [0.4, 0.5) is 0 Å². The van der Waals surface area contributed by atoms with E-state index in [9.17, 15) is 0 Å². The molecular weight excluding hydrogens is 266 g/mol. The van der Waals surface area contributed by atoms with Gasteiger partial charge in [-0.05, 0) is 43.1 Å². The highest BCUT2D eigenvalue weighted by Gasteiger charge is 2.18. The average Bonchev–Trinajstić information content (AvgIpc) is 2.77. The Morgan fingerprint density at radius 2 is 2.21 bits per heavy atom. The smallest absolute Gasteiger partial charge is 0.198 e. The Labute approximate surface area is 116 Å². The fraction of sp³-hybridized carbons (Fsp3) is 0.308. The van der Waals surface area contributed by atoms with Gasteiger partial charge in [-0.1, -0.05) is 0 Å². The molecule has 0 fully saturated rings. The van der Waals surface area contributed by atoms with Crippen molar-refractivity contribution in [2.75, 3.05) is 0 Å². The lowest BCUT2D eigenvalue weighted by Crippen LogP contribution is -2.28. The maximum atomic E-state index is 5.97. The molecule has 19 heavy (non-hydrogen) atoms. The molecular formula is C13H16ClN3O2. The highest BCUT2D eigenvalue weighted by Crippen LogP contribution is 2.29. The first kappa shape index (κ1) is 13.9. The molecule has 2 heterocycles. The monoisotopic (exact) mass is 281 g/mol. The zero-order valence-corrected chi connectivity index (χ0v) is 11.5. The number of hydrogen-bond donors (Lipinski definition) is 2. The zero-order valence-electron chi connectivity index (χ0n) is 10.8. The molecule has 5 nitrogen and oxygen atoms in total. The summed E-state index contributed by atoms with van der Waals surface area (Å²) in [7, 11) is 0. The largest absolute Gasteiger partial charge is 0.489 e. The lowest BCUT2D eigenvalue weighted by Gasteiger charge is -2.16. The van der Waals surface area contributed by atoms with Crippen LogP contribution >= 0.6 is 11.6 Å². The van der Waals surface area contributed by atoms with Gasteiger partial charge in [-0.3, -0.25) is 10.8 Å². The lowest BCUT2D eigenvalue weighted by molar-refractivity contribution is 0.241. The number of halogens is 1. The molecule has 0 bridgehead atoms. The summed E-state index contributed by atoms with van der Waals surface area (Å²) in [6.45, 7) is 3.91. The molecule has 0 aromatic carbocycles. The fourth-order valence-corrected chi connectivity index (χ4v) is 2.03. The summed E-state index contributed by atoms with van der Waals surface area (Å²) in [6, 6.07) is 3.35. The molecule has 0 radical (unpaired) electrons. The molecule has 0 saturated heterocycles. The van der Waals surface area contributed by atoms with Gasteiger partial charge in [0.2, 0.25) is 0 Å². The van der Waals surface area contributed by atoms with Crippen molar-refractivity contribution in [1.29, 1.82) is 0 Å². The maximum absolute atomic E-state index is 5.97. The molecule has 0 aliphatic carbocycles. The van der Waals surface area contributed by atoms with E-state index in [0.29, 0.717) is 11.0 Å². The van der Waals surface area contributed by atoms with Gasteiger partial charge in [-0.2, -0.15) is 0 Å². The molecule has 0 aliphatic rings. The summed E-state index contributed by atoms with van der Waals surface area (Å²) in [6.07, 6.45) is 4.97. The molecule has 2 aromatic heterocycles. The van der Waals surface area contributed by atoms with Crippen molar-refractivity contribution in [3.05, 3.63) is 47.1 Å². The van der Waals surface area contributed by atoms with Crippen molar-refractivity contribution in [2.24, 2.45) is 5.84 Å². The Hall–Kier alpha value is -1.56. The number of rotatable bonds is 5. The first-order valence-corrected chi connectivity index (χ1v) is 6.30. The minimum Gasteiger partial charge on any atom is -0.489 e. The van der Waals surface area contributed by atoms with Gasteiger partial charge >= 0.3 is 0 Å². The number of ether oxygens (including phenoxy) is 1. The Balaban J connectivity index is 2.31. The van der Waals surface area contributed by atoms with E-state index in [1.807, 2.05) is 19.9 Å². The Kier molecular flexibility index (Phi) is 4.42. The third kappa shape index (κ3) is 3.26. The summed E-state index contributed by atoms with van der Waals surface area (Å²) in [5, 5.41) is 0.304. The van der Waals surface area contributed by atoms with Crippen LogP contribution in [0, 0.1) is 0 Å². The predicted molar refractivity (Wildman–Crippen MR) is 72.9 cm³/mol. The second-order valence-electron chi connectivity index (χ2n) is 4.37. The standard InChI is InChI=1S/C13H16ClN3O2/c1-8(2)19-10-5-9(6-16-7-10)12(17-15)11-3-4-18-13(11)14/h3-8,12,17H,15H2,1-2H3. The Bertz CT molecular complexity index is 542. The Morgan fingerprint density at radius 1 is 1.42 bits per heavy atom. The van der Waals surface area contributed by atoms with E-state index in [1.54, 1.807) is 18.5 Å². The SMILES string of the molecule is CC(C)Oc1cncc(C(NN)c2ccoc2Cl)c1. The molecule has 2 aromatic rings. The topological polar surface area (TPSA) is 73.3 Å². The van der Waals surface area contributed by atoms with E-state index >= 15 is 0 Å². The molecule has 102 valence electrons. The van der Waals surface area contributed by atoms with Gasteiger partial charge in [0, 0.05) is 11.8 Å². The first-order chi connectivity index (χ1) is 9.11.